The Kier molecular flexibility index (Phi) is 2.99. The van der Waals surface area contributed by atoms with E-state index >= 15 is 0 Å². The number of carbonyl (C=O) groups is 2. The van der Waals surface area contributed by atoms with Gasteiger partial charge in [-0.05, 0) is 23.6 Å². The standard InChI is InChI=1S/C12H15N3O2/c1-15(12(13)17)7-8-2-4-10-9(6-8)3-5-11(16)14-10/h2,4,6H,3,5,7H2,1H3,(H2,13,17)(H,14,16). The predicted molar refractivity (Wildman–Crippen MR) is 64.4 cm³/mol. The second-order valence-corrected chi connectivity index (χ2v) is 4.23. The minimum atomic E-state index is -0.448. The molecule has 0 aliphatic carbocycles. The predicted octanol–water partition coefficient (Wildman–Crippen LogP) is 1.08. The highest BCUT2D eigenvalue weighted by molar-refractivity contribution is 5.93. The zero-order valence-electron chi connectivity index (χ0n) is 9.69. The molecule has 0 fully saturated rings. The minimum absolute atomic E-state index is 0.0551. The topological polar surface area (TPSA) is 75.4 Å². The Balaban J connectivity index is 2.16. The Morgan fingerprint density at radius 2 is 2.24 bits per heavy atom. The molecule has 0 radical (unpaired) electrons. The largest absolute Gasteiger partial charge is 0.351 e. The molecular weight excluding hydrogens is 218 g/mol. The number of urea groups is 1. The number of fused-ring (bicyclic) bond motifs is 1. The summed E-state index contributed by atoms with van der Waals surface area (Å²) >= 11 is 0. The van der Waals surface area contributed by atoms with E-state index < -0.39 is 6.03 Å². The molecule has 1 aromatic rings. The van der Waals surface area contributed by atoms with Crippen molar-refractivity contribution in [3.8, 4) is 0 Å². The van der Waals surface area contributed by atoms with Crippen molar-refractivity contribution in [3.05, 3.63) is 29.3 Å². The number of rotatable bonds is 2. The molecule has 0 spiro atoms. The van der Waals surface area contributed by atoms with E-state index in [9.17, 15) is 9.59 Å². The van der Waals surface area contributed by atoms with Crippen molar-refractivity contribution in [1.82, 2.24) is 4.90 Å². The second-order valence-electron chi connectivity index (χ2n) is 4.23. The third-order valence-corrected chi connectivity index (χ3v) is 2.86. The molecule has 2 rings (SSSR count). The second kappa shape index (κ2) is 4.45. The first kappa shape index (κ1) is 11.4. The van der Waals surface area contributed by atoms with Gasteiger partial charge in [-0.15, -0.1) is 0 Å². The molecule has 0 aromatic heterocycles. The molecule has 0 saturated carbocycles. The molecular formula is C12H15N3O2. The molecule has 90 valence electrons. The minimum Gasteiger partial charge on any atom is -0.351 e. The number of hydrogen-bond acceptors (Lipinski definition) is 2. The quantitative estimate of drug-likeness (QED) is 0.802. The van der Waals surface area contributed by atoms with Gasteiger partial charge in [0.05, 0.1) is 0 Å². The number of nitrogens with one attached hydrogen (secondary N) is 1. The van der Waals surface area contributed by atoms with Crippen LogP contribution >= 0.6 is 0 Å². The van der Waals surface area contributed by atoms with E-state index in [2.05, 4.69) is 5.32 Å². The average Bonchev–Trinajstić information content (AvgIpc) is 2.29. The molecule has 1 heterocycles. The van der Waals surface area contributed by atoms with Crippen LogP contribution in [-0.4, -0.2) is 23.9 Å². The number of anilines is 1. The fraction of sp³-hybridized carbons (Fsp3) is 0.333. The number of aryl methyl sites for hydroxylation is 1. The number of hydrogen-bond donors (Lipinski definition) is 2. The van der Waals surface area contributed by atoms with Crippen LogP contribution in [0.25, 0.3) is 0 Å². The third kappa shape index (κ3) is 2.55. The van der Waals surface area contributed by atoms with Crippen LogP contribution in [0.15, 0.2) is 18.2 Å². The van der Waals surface area contributed by atoms with Gasteiger partial charge in [0.25, 0.3) is 0 Å². The van der Waals surface area contributed by atoms with Gasteiger partial charge in [0.1, 0.15) is 0 Å². The highest BCUT2D eigenvalue weighted by Gasteiger charge is 2.15. The van der Waals surface area contributed by atoms with Crippen LogP contribution < -0.4 is 11.1 Å². The number of primary amides is 1. The summed E-state index contributed by atoms with van der Waals surface area (Å²) in [6.07, 6.45) is 1.26. The maximum absolute atomic E-state index is 11.2. The van der Waals surface area contributed by atoms with Gasteiger partial charge < -0.3 is 16.0 Å². The van der Waals surface area contributed by atoms with Gasteiger partial charge in [-0.1, -0.05) is 12.1 Å². The zero-order valence-corrected chi connectivity index (χ0v) is 9.69. The van der Waals surface area contributed by atoms with Crippen molar-refractivity contribution in [2.24, 2.45) is 5.73 Å². The Morgan fingerprint density at radius 1 is 1.47 bits per heavy atom. The van der Waals surface area contributed by atoms with Gasteiger partial charge >= 0.3 is 6.03 Å². The number of benzene rings is 1. The van der Waals surface area contributed by atoms with Crippen LogP contribution in [0, 0.1) is 0 Å². The first-order chi connectivity index (χ1) is 8.06. The normalized spacial score (nSPS) is 13.8. The Bertz CT molecular complexity index is 471. The van der Waals surface area contributed by atoms with E-state index in [1.165, 1.54) is 4.90 Å². The lowest BCUT2D eigenvalue weighted by molar-refractivity contribution is -0.116. The zero-order chi connectivity index (χ0) is 12.4. The molecule has 5 heteroatoms. The molecule has 0 unspecified atom stereocenters. The Labute approximate surface area is 99.6 Å². The van der Waals surface area contributed by atoms with Gasteiger partial charge in [0.2, 0.25) is 5.91 Å². The Morgan fingerprint density at radius 3 is 2.94 bits per heavy atom. The van der Waals surface area contributed by atoms with E-state index in [1.807, 2.05) is 18.2 Å². The van der Waals surface area contributed by atoms with Crippen LogP contribution in [0.5, 0.6) is 0 Å². The van der Waals surface area contributed by atoms with Crippen molar-refractivity contribution in [2.45, 2.75) is 19.4 Å². The maximum Gasteiger partial charge on any atom is 0.314 e. The molecule has 1 aliphatic heterocycles. The van der Waals surface area contributed by atoms with Crippen molar-refractivity contribution in [1.29, 1.82) is 0 Å². The smallest absolute Gasteiger partial charge is 0.314 e. The molecule has 3 amide bonds. The summed E-state index contributed by atoms with van der Waals surface area (Å²) in [6, 6.07) is 5.32. The van der Waals surface area contributed by atoms with Crippen molar-refractivity contribution in [3.63, 3.8) is 0 Å². The number of carbonyl (C=O) groups excluding carboxylic acids is 2. The van der Waals surface area contributed by atoms with E-state index in [0.717, 1.165) is 23.2 Å². The first-order valence-corrected chi connectivity index (χ1v) is 5.48. The van der Waals surface area contributed by atoms with Gasteiger partial charge in [0.15, 0.2) is 0 Å². The lowest BCUT2D eigenvalue weighted by Gasteiger charge is -2.19. The Hall–Kier alpha value is -2.04. The molecule has 1 aliphatic rings. The van der Waals surface area contributed by atoms with Crippen LogP contribution in [0.4, 0.5) is 10.5 Å². The van der Waals surface area contributed by atoms with E-state index in [4.69, 9.17) is 5.73 Å². The third-order valence-electron chi connectivity index (χ3n) is 2.86. The fourth-order valence-electron chi connectivity index (χ4n) is 1.89. The lowest BCUT2D eigenvalue weighted by Crippen LogP contribution is -2.31. The molecule has 0 bridgehead atoms. The van der Waals surface area contributed by atoms with E-state index in [1.54, 1.807) is 7.05 Å². The number of nitrogens with zero attached hydrogens (tertiary/aromatic N) is 1. The highest BCUT2D eigenvalue weighted by Crippen LogP contribution is 2.23. The summed E-state index contributed by atoms with van der Waals surface area (Å²) in [4.78, 5) is 23.6. The lowest BCUT2D eigenvalue weighted by atomic mass is 10.0. The van der Waals surface area contributed by atoms with E-state index in [-0.39, 0.29) is 5.91 Å². The molecule has 1 aromatic carbocycles. The van der Waals surface area contributed by atoms with E-state index in [0.29, 0.717) is 13.0 Å². The first-order valence-electron chi connectivity index (χ1n) is 5.48. The van der Waals surface area contributed by atoms with Crippen molar-refractivity contribution < 1.29 is 9.59 Å². The average molecular weight is 233 g/mol. The van der Waals surface area contributed by atoms with Crippen LogP contribution in [0.3, 0.4) is 0 Å². The summed E-state index contributed by atoms with van der Waals surface area (Å²) in [5.74, 6) is 0.0551. The number of amides is 3. The van der Waals surface area contributed by atoms with Crippen molar-refractivity contribution in [2.75, 3.05) is 12.4 Å². The van der Waals surface area contributed by atoms with Crippen LogP contribution in [0.1, 0.15) is 17.5 Å². The van der Waals surface area contributed by atoms with Gasteiger partial charge in [-0.3, -0.25) is 4.79 Å². The highest BCUT2D eigenvalue weighted by atomic mass is 16.2. The van der Waals surface area contributed by atoms with Gasteiger partial charge in [0, 0.05) is 25.7 Å². The van der Waals surface area contributed by atoms with Crippen LogP contribution in [-0.2, 0) is 17.8 Å². The molecule has 17 heavy (non-hydrogen) atoms. The van der Waals surface area contributed by atoms with Crippen LogP contribution in [0.2, 0.25) is 0 Å². The summed E-state index contributed by atoms with van der Waals surface area (Å²) in [7, 11) is 1.66. The SMILES string of the molecule is CN(Cc1ccc2c(c1)CCC(=O)N2)C(N)=O. The fourth-order valence-corrected chi connectivity index (χ4v) is 1.89. The molecule has 3 N–H and O–H groups in total. The van der Waals surface area contributed by atoms with Gasteiger partial charge in [-0.25, -0.2) is 4.79 Å². The summed E-state index contributed by atoms with van der Waals surface area (Å²) in [6.45, 7) is 0.483. The molecule has 0 saturated heterocycles. The molecule has 5 nitrogen and oxygen atoms in total. The monoisotopic (exact) mass is 233 g/mol. The van der Waals surface area contributed by atoms with Crippen molar-refractivity contribution >= 4 is 17.6 Å². The summed E-state index contributed by atoms with van der Waals surface area (Å²) < 4.78 is 0. The maximum atomic E-state index is 11.2. The summed E-state index contributed by atoms with van der Waals surface area (Å²) in [5, 5.41) is 2.82. The molecule has 0 atom stereocenters. The van der Waals surface area contributed by atoms with Gasteiger partial charge in [-0.2, -0.15) is 0 Å². The number of nitrogens with two attached hydrogens (primary N) is 1. The summed E-state index contributed by atoms with van der Waals surface area (Å²) in [5.41, 5.74) is 8.16.